The molecule has 2 amide bonds. The van der Waals surface area contributed by atoms with E-state index in [1.165, 1.54) is 0 Å². The highest BCUT2D eigenvalue weighted by Gasteiger charge is 2.35. The molecule has 2 fully saturated rings. The van der Waals surface area contributed by atoms with Crippen molar-refractivity contribution in [3.05, 3.63) is 23.8 Å². The van der Waals surface area contributed by atoms with Crippen LogP contribution >= 0.6 is 0 Å². The Bertz CT molecular complexity index is 709. The van der Waals surface area contributed by atoms with Gasteiger partial charge in [0.25, 0.3) is 0 Å². The minimum atomic E-state index is -0.247. The minimum Gasteiger partial charge on any atom is -0.493 e. The van der Waals surface area contributed by atoms with E-state index in [4.69, 9.17) is 9.47 Å². The number of nitrogens with one attached hydrogen (secondary N) is 2. The first kappa shape index (κ1) is 20.5. The third kappa shape index (κ3) is 4.95. The molecule has 1 aromatic carbocycles. The Morgan fingerprint density at radius 1 is 1.29 bits per heavy atom. The average Bonchev–Trinajstić information content (AvgIpc) is 3.07. The van der Waals surface area contributed by atoms with Crippen LogP contribution in [0.25, 0.3) is 0 Å². The highest BCUT2D eigenvalue weighted by molar-refractivity contribution is 5.89. The zero-order valence-corrected chi connectivity index (χ0v) is 17.0. The lowest BCUT2D eigenvalue weighted by atomic mass is 9.99. The van der Waals surface area contributed by atoms with Gasteiger partial charge in [-0.05, 0) is 50.4 Å². The van der Waals surface area contributed by atoms with Crippen LogP contribution in [0.1, 0.15) is 31.7 Å². The number of ether oxygens (including phenoxy) is 2. The molecule has 0 aliphatic carbocycles. The molecule has 2 heterocycles. The van der Waals surface area contributed by atoms with Gasteiger partial charge in [0.05, 0.1) is 20.1 Å². The number of likely N-dealkylation sites (tertiary alicyclic amines) is 1. The van der Waals surface area contributed by atoms with Crippen molar-refractivity contribution in [3.8, 4) is 11.5 Å². The van der Waals surface area contributed by atoms with Crippen molar-refractivity contribution >= 4 is 11.8 Å². The summed E-state index contributed by atoms with van der Waals surface area (Å²) in [7, 11) is 3.22. The van der Waals surface area contributed by atoms with Crippen LogP contribution < -0.4 is 20.1 Å². The van der Waals surface area contributed by atoms with Crippen molar-refractivity contribution in [2.45, 2.75) is 44.7 Å². The van der Waals surface area contributed by atoms with Crippen LogP contribution in [0, 0.1) is 5.92 Å². The lowest BCUT2D eigenvalue weighted by Crippen LogP contribution is -2.48. The van der Waals surface area contributed by atoms with Crippen LogP contribution in [-0.4, -0.2) is 62.7 Å². The summed E-state index contributed by atoms with van der Waals surface area (Å²) in [4.78, 5) is 26.8. The third-order valence-electron chi connectivity index (χ3n) is 5.67. The Morgan fingerprint density at radius 3 is 2.79 bits per heavy atom. The Kier molecular flexibility index (Phi) is 6.78. The zero-order valence-electron chi connectivity index (χ0n) is 17.0. The summed E-state index contributed by atoms with van der Waals surface area (Å²) in [6.45, 7) is 4.15. The third-order valence-corrected chi connectivity index (χ3v) is 5.67. The first-order valence-corrected chi connectivity index (χ1v) is 10.0. The minimum absolute atomic E-state index is 0.0149. The van der Waals surface area contributed by atoms with Gasteiger partial charge < -0.3 is 25.0 Å². The van der Waals surface area contributed by atoms with Gasteiger partial charge in [-0.15, -0.1) is 0 Å². The number of nitrogens with zero attached hydrogens (tertiary/aromatic N) is 1. The van der Waals surface area contributed by atoms with E-state index in [2.05, 4.69) is 17.6 Å². The number of carbonyl (C=O) groups excluding carboxylic acids is 2. The Labute approximate surface area is 166 Å². The fraction of sp³-hybridized carbons (Fsp3) is 0.619. The summed E-state index contributed by atoms with van der Waals surface area (Å²) in [5.74, 6) is 1.19. The number of hydrogen-bond donors (Lipinski definition) is 2. The average molecular weight is 389 g/mol. The first-order chi connectivity index (χ1) is 13.5. The second-order valence-corrected chi connectivity index (χ2v) is 7.77. The normalized spacial score (nSPS) is 24.9. The quantitative estimate of drug-likeness (QED) is 0.736. The summed E-state index contributed by atoms with van der Waals surface area (Å²) in [5, 5.41) is 6.53. The molecule has 2 N–H and O–H groups in total. The molecular weight excluding hydrogens is 358 g/mol. The van der Waals surface area contributed by atoms with E-state index in [1.54, 1.807) is 19.1 Å². The highest BCUT2D eigenvalue weighted by atomic mass is 16.5. The maximum absolute atomic E-state index is 12.6. The molecule has 0 bridgehead atoms. The number of hydrogen-bond acceptors (Lipinski definition) is 5. The Morgan fingerprint density at radius 2 is 2.07 bits per heavy atom. The molecule has 2 aliphatic rings. The molecule has 3 atom stereocenters. The number of carbonyl (C=O) groups is 2. The molecule has 3 unspecified atom stereocenters. The van der Waals surface area contributed by atoms with Crippen molar-refractivity contribution in [2.75, 3.05) is 33.9 Å². The van der Waals surface area contributed by atoms with Crippen molar-refractivity contribution in [3.63, 3.8) is 0 Å². The lowest BCUT2D eigenvalue weighted by Gasteiger charge is -2.29. The number of rotatable bonds is 7. The predicted octanol–water partition coefficient (Wildman–Crippen LogP) is 1.35. The largest absolute Gasteiger partial charge is 0.493 e. The smallest absolute Gasteiger partial charge is 0.225 e. The van der Waals surface area contributed by atoms with Gasteiger partial charge in [0.1, 0.15) is 0 Å². The SMILES string of the molecule is COc1ccc(CCN2CC(C(=O)NC3CCNC(C)C3)CC2=O)cc1OC. The predicted molar refractivity (Wildman–Crippen MR) is 107 cm³/mol. The summed E-state index contributed by atoms with van der Waals surface area (Å²) >= 11 is 0. The van der Waals surface area contributed by atoms with Crippen LogP contribution in [-0.2, 0) is 16.0 Å². The van der Waals surface area contributed by atoms with Crippen LogP contribution in [0.4, 0.5) is 0 Å². The second kappa shape index (κ2) is 9.28. The van der Waals surface area contributed by atoms with Gasteiger partial charge in [-0.25, -0.2) is 0 Å². The molecule has 3 rings (SSSR count). The van der Waals surface area contributed by atoms with Crippen molar-refractivity contribution in [2.24, 2.45) is 5.92 Å². The van der Waals surface area contributed by atoms with E-state index in [1.807, 2.05) is 18.2 Å². The standard InChI is InChI=1S/C21H31N3O4/c1-14-10-17(6-8-22-14)23-21(26)16-12-20(25)24(13-16)9-7-15-4-5-18(27-2)19(11-15)28-3/h4-5,11,14,16-17,22H,6-10,12-13H2,1-3H3,(H,23,26). The first-order valence-electron chi connectivity index (χ1n) is 10.0. The molecule has 0 spiro atoms. The van der Waals surface area contributed by atoms with E-state index >= 15 is 0 Å². The molecule has 154 valence electrons. The van der Waals surface area contributed by atoms with E-state index in [9.17, 15) is 9.59 Å². The zero-order chi connectivity index (χ0) is 20.1. The molecule has 1 aromatic rings. The van der Waals surface area contributed by atoms with E-state index in [0.717, 1.165) is 24.9 Å². The number of piperidine rings is 1. The molecule has 2 saturated heterocycles. The summed E-state index contributed by atoms with van der Waals surface area (Å²) in [6.07, 6.45) is 2.90. The summed E-state index contributed by atoms with van der Waals surface area (Å²) in [6, 6.07) is 6.41. The maximum atomic E-state index is 12.6. The number of methoxy groups -OCH3 is 2. The summed E-state index contributed by atoms with van der Waals surface area (Å²) < 4.78 is 10.6. The molecule has 7 nitrogen and oxygen atoms in total. The van der Waals surface area contributed by atoms with Crippen LogP contribution in [0.3, 0.4) is 0 Å². The van der Waals surface area contributed by atoms with E-state index in [-0.39, 0.29) is 23.8 Å². The van der Waals surface area contributed by atoms with E-state index in [0.29, 0.717) is 43.5 Å². The van der Waals surface area contributed by atoms with Crippen LogP contribution in [0.5, 0.6) is 11.5 Å². The van der Waals surface area contributed by atoms with Gasteiger partial charge in [0.15, 0.2) is 11.5 Å². The number of amides is 2. The van der Waals surface area contributed by atoms with Crippen molar-refractivity contribution < 1.29 is 19.1 Å². The molecule has 2 aliphatic heterocycles. The monoisotopic (exact) mass is 389 g/mol. The van der Waals surface area contributed by atoms with Gasteiger partial charge in [-0.3, -0.25) is 9.59 Å². The highest BCUT2D eigenvalue weighted by Crippen LogP contribution is 2.28. The fourth-order valence-corrected chi connectivity index (χ4v) is 4.05. The molecule has 0 aromatic heterocycles. The Hall–Kier alpha value is -2.28. The maximum Gasteiger partial charge on any atom is 0.225 e. The number of benzene rings is 1. The topological polar surface area (TPSA) is 79.9 Å². The molecule has 0 radical (unpaired) electrons. The Balaban J connectivity index is 1.51. The molecule has 7 heteroatoms. The lowest BCUT2D eigenvalue weighted by molar-refractivity contribution is -0.129. The van der Waals surface area contributed by atoms with Crippen molar-refractivity contribution in [1.29, 1.82) is 0 Å². The van der Waals surface area contributed by atoms with Gasteiger partial charge in [-0.2, -0.15) is 0 Å². The van der Waals surface area contributed by atoms with Crippen LogP contribution in [0.2, 0.25) is 0 Å². The summed E-state index contributed by atoms with van der Waals surface area (Å²) in [5.41, 5.74) is 1.07. The van der Waals surface area contributed by atoms with Crippen molar-refractivity contribution in [1.82, 2.24) is 15.5 Å². The van der Waals surface area contributed by atoms with Gasteiger partial charge in [0.2, 0.25) is 11.8 Å². The van der Waals surface area contributed by atoms with E-state index < -0.39 is 0 Å². The van der Waals surface area contributed by atoms with Gasteiger partial charge in [0, 0.05) is 31.6 Å². The second-order valence-electron chi connectivity index (χ2n) is 7.77. The van der Waals surface area contributed by atoms with Crippen LogP contribution in [0.15, 0.2) is 18.2 Å². The molecule has 0 saturated carbocycles. The molecular formula is C21H31N3O4. The molecule has 28 heavy (non-hydrogen) atoms. The van der Waals surface area contributed by atoms with Gasteiger partial charge >= 0.3 is 0 Å². The fourth-order valence-electron chi connectivity index (χ4n) is 4.05. The van der Waals surface area contributed by atoms with Gasteiger partial charge in [-0.1, -0.05) is 6.07 Å².